The molecule has 0 aliphatic heterocycles. The maximum Gasteiger partial charge on any atom is 0.243 e. The first kappa shape index (κ1) is 23.2. The Balaban J connectivity index is 2.19. The van der Waals surface area contributed by atoms with E-state index in [0.29, 0.717) is 30.6 Å². The Morgan fingerprint density at radius 2 is 1.87 bits per heavy atom. The minimum Gasteiger partial charge on any atom is -0.348 e. The van der Waals surface area contributed by atoms with E-state index in [4.69, 9.17) is 11.5 Å². The van der Waals surface area contributed by atoms with Crippen molar-refractivity contribution >= 4 is 17.6 Å². The highest BCUT2D eigenvalue weighted by atomic mass is 16.2. The SMILES string of the molecule is Cc1ccccc1C(=O)[C@H](CCCCN)NC(=O)[C@H](Cc1cnc[nH]1)NC(=O)CN. The number of rotatable bonds is 12. The fraction of sp³-hybridized carbons (Fsp3) is 0.429. The van der Waals surface area contributed by atoms with Crippen LogP contribution >= 0.6 is 0 Å². The molecule has 0 saturated heterocycles. The molecule has 0 saturated carbocycles. The number of amides is 2. The highest BCUT2D eigenvalue weighted by Crippen LogP contribution is 2.14. The van der Waals surface area contributed by atoms with E-state index in [2.05, 4.69) is 20.6 Å². The predicted octanol–water partition coefficient (Wildman–Crippen LogP) is 0.201. The minimum atomic E-state index is -0.886. The van der Waals surface area contributed by atoms with Gasteiger partial charge in [-0.05, 0) is 38.3 Å². The molecule has 2 rings (SSSR count). The molecule has 0 fully saturated rings. The average Bonchev–Trinajstić information content (AvgIpc) is 3.25. The number of carbonyl (C=O) groups excluding carboxylic acids is 3. The van der Waals surface area contributed by atoms with Crippen molar-refractivity contribution in [3.8, 4) is 0 Å². The van der Waals surface area contributed by atoms with Crippen molar-refractivity contribution in [2.45, 2.75) is 44.7 Å². The van der Waals surface area contributed by atoms with Crippen LogP contribution in [-0.2, 0) is 16.0 Å². The zero-order chi connectivity index (χ0) is 21.9. The number of Topliss-reactive ketones (excluding diaryl/α,β-unsaturated/α-hetero) is 1. The molecule has 2 aromatic rings. The van der Waals surface area contributed by atoms with Gasteiger partial charge in [0, 0.05) is 23.9 Å². The number of ketones is 1. The smallest absolute Gasteiger partial charge is 0.243 e. The first-order valence-corrected chi connectivity index (χ1v) is 10.0. The van der Waals surface area contributed by atoms with Crippen molar-refractivity contribution < 1.29 is 14.4 Å². The molecule has 0 spiro atoms. The molecule has 30 heavy (non-hydrogen) atoms. The number of H-pyrrole nitrogens is 1. The van der Waals surface area contributed by atoms with E-state index >= 15 is 0 Å². The Morgan fingerprint density at radius 1 is 1.10 bits per heavy atom. The van der Waals surface area contributed by atoms with Crippen LogP contribution in [0.2, 0.25) is 0 Å². The summed E-state index contributed by atoms with van der Waals surface area (Å²) in [7, 11) is 0. The maximum atomic E-state index is 13.1. The summed E-state index contributed by atoms with van der Waals surface area (Å²) >= 11 is 0. The first-order chi connectivity index (χ1) is 14.5. The Bertz CT molecular complexity index is 837. The number of aromatic amines is 1. The van der Waals surface area contributed by atoms with E-state index in [9.17, 15) is 14.4 Å². The van der Waals surface area contributed by atoms with Gasteiger partial charge in [0.15, 0.2) is 5.78 Å². The van der Waals surface area contributed by atoms with Crippen LogP contribution in [0.5, 0.6) is 0 Å². The van der Waals surface area contributed by atoms with Gasteiger partial charge in [-0.2, -0.15) is 0 Å². The maximum absolute atomic E-state index is 13.1. The second-order valence-electron chi connectivity index (χ2n) is 7.13. The average molecular weight is 415 g/mol. The van der Waals surface area contributed by atoms with E-state index < -0.39 is 23.9 Å². The number of nitrogens with two attached hydrogens (primary N) is 2. The van der Waals surface area contributed by atoms with Gasteiger partial charge in [-0.3, -0.25) is 14.4 Å². The number of aryl methyl sites for hydroxylation is 1. The number of hydrogen-bond acceptors (Lipinski definition) is 6. The fourth-order valence-electron chi connectivity index (χ4n) is 3.15. The van der Waals surface area contributed by atoms with Crippen molar-refractivity contribution in [2.75, 3.05) is 13.1 Å². The number of benzene rings is 1. The molecule has 9 nitrogen and oxygen atoms in total. The highest BCUT2D eigenvalue weighted by Gasteiger charge is 2.28. The summed E-state index contributed by atoms with van der Waals surface area (Å²) in [5.74, 6) is -1.07. The van der Waals surface area contributed by atoms with Gasteiger partial charge in [0.25, 0.3) is 0 Å². The van der Waals surface area contributed by atoms with Crippen molar-refractivity contribution in [1.82, 2.24) is 20.6 Å². The fourth-order valence-corrected chi connectivity index (χ4v) is 3.15. The zero-order valence-corrected chi connectivity index (χ0v) is 17.2. The number of imidazole rings is 1. The molecule has 9 heteroatoms. The number of aromatic nitrogens is 2. The van der Waals surface area contributed by atoms with Crippen LogP contribution in [-0.4, -0.2) is 52.7 Å². The lowest BCUT2D eigenvalue weighted by atomic mass is 9.95. The summed E-state index contributed by atoms with van der Waals surface area (Å²) in [6.07, 6.45) is 5.16. The summed E-state index contributed by atoms with van der Waals surface area (Å²) in [5.41, 5.74) is 13.0. The third kappa shape index (κ3) is 6.78. The lowest BCUT2D eigenvalue weighted by molar-refractivity contribution is -0.128. The number of hydrogen-bond donors (Lipinski definition) is 5. The normalized spacial score (nSPS) is 12.8. The zero-order valence-electron chi connectivity index (χ0n) is 17.2. The van der Waals surface area contributed by atoms with Crippen molar-refractivity contribution in [2.24, 2.45) is 11.5 Å². The van der Waals surface area contributed by atoms with Gasteiger partial charge < -0.3 is 27.1 Å². The van der Waals surface area contributed by atoms with E-state index in [-0.39, 0.29) is 18.7 Å². The second kappa shape index (κ2) is 11.8. The van der Waals surface area contributed by atoms with Crippen molar-refractivity contribution in [3.63, 3.8) is 0 Å². The van der Waals surface area contributed by atoms with Gasteiger partial charge in [0.2, 0.25) is 11.8 Å². The topological polar surface area (TPSA) is 156 Å². The molecule has 0 aliphatic carbocycles. The molecule has 0 radical (unpaired) electrons. The molecule has 0 bridgehead atoms. The van der Waals surface area contributed by atoms with Gasteiger partial charge in [-0.1, -0.05) is 24.3 Å². The molecule has 7 N–H and O–H groups in total. The molecule has 0 unspecified atom stereocenters. The number of carbonyl (C=O) groups is 3. The van der Waals surface area contributed by atoms with Crippen LogP contribution in [0.3, 0.4) is 0 Å². The Morgan fingerprint density at radius 3 is 2.50 bits per heavy atom. The van der Waals surface area contributed by atoms with E-state index in [1.165, 1.54) is 6.33 Å². The Kier molecular flexibility index (Phi) is 9.17. The standard InChI is InChI=1S/C21H30N6O3/c1-14-6-2-3-7-16(14)20(29)17(8-4-5-9-22)27-21(30)18(26-19(28)11-23)10-15-12-24-13-25-15/h2-3,6-7,12-13,17-18H,4-5,8-11,22-23H2,1H3,(H,24,25)(H,26,28)(H,27,30)/t17-,18-/m0/s1. The monoisotopic (exact) mass is 414 g/mol. The lowest BCUT2D eigenvalue weighted by Gasteiger charge is -2.23. The van der Waals surface area contributed by atoms with Crippen LogP contribution in [0, 0.1) is 6.92 Å². The molecule has 162 valence electrons. The van der Waals surface area contributed by atoms with Crippen LogP contribution in [0.1, 0.15) is 40.9 Å². The van der Waals surface area contributed by atoms with Gasteiger partial charge in [0.1, 0.15) is 6.04 Å². The summed E-state index contributed by atoms with van der Waals surface area (Å²) in [5, 5.41) is 5.44. The summed E-state index contributed by atoms with van der Waals surface area (Å²) in [6, 6.07) is 5.65. The highest BCUT2D eigenvalue weighted by molar-refractivity contribution is 6.03. The summed E-state index contributed by atoms with van der Waals surface area (Å²) in [6.45, 7) is 2.12. The Hall–Kier alpha value is -3.04. The minimum absolute atomic E-state index is 0.163. The molecule has 0 aliphatic rings. The molecule has 1 heterocycles. The number of unbranched alkanes of at least 4 members (excludes halogenated alkanes) is 1. The second-order valence-corrected chi connectivity index (χ2v) is 7.13. The van der Waals surface area contributed by atoms with Crippen molar-refractivity contribution in [3.05, 3.63) is 53.6 Å². The molecule has 1 aromatic heterocycles. The molecule has 2 amide bonds. The van der Waals surface area contributed by atoms with Crippen molar-refractivity contribution in [1.29, 1.82) is 0 Å². The van der Waals surface area contributed by atoms with E-state index in [1.807, 2.05) is 19.1 Å². The quantitative estimate of drug-likeness (QED) is 0.247. The third-order valence-corrected chi connectivity index (χ3v) is 4.81. The molecular formula is C21H30N6O3. The van der Waals surface area contributed by atoms with Gasteiger partial charge in [0.05, 0.1) is 18.9 Å². The predicted molar refractivity (Wildman–Crippen MR) is 114 cm³/mol. The first-order valence-electron chi connectivity index (χ1n) is 10.0. The van der Waals surface area contributed by atoms with Crippen LogP contribution in [0.25, 0.3) is 0 Å². The van der Waals surface area contributed by atoms with Crippen LogP contribution in [0.4, 0.5) is 0 Å². The summed E-state index contributed by atoms with van der Waals surface area (Å²) in [4.78, 5) is 44.8. The van der Waals surface area contributed by atoms with E-state index in [0.717, 1.165) is 12.0 Å². The largest absolute Gasteiger partial charge is 0.348 e. The lowest BCUT2D eigenvalue weighted by Crippen LogP contribution is -2.53. The van der Waals surface area contributed by atoms with Crippen LogP contribution < -0.4 is 22.1 Å². The number of nitrogens with zero attached hydrogens (tertiary/aromatic N) is 1. The molecule has 1 aromatic carbocycles. The Labute approximate surface area is 176 Å². The third-order valence-electron chi connectivity index (χ3n) is 4.81. The van der Waals surface area contributed by atoms with Crippen LogP contribution in [0.15, 0.2) is 36.8 Å². The van der Waals surface area contributed by atoms with Gasteiger partial charge in [-0.25, -0.2) is 4.98 Å². The van der Waals surface area contributed by atoms with E-state index in [1.54, 1.807) is 18.3 Å². The summed E-state index contributed by atoms with van der Waals surface area (Å²) < 4.78 is 0. The molecule has 2 atom stereocenters. The number of nitrogens with one attached hydrogen (secondary N) is 3. The molecular weight excluding hydrogens is 384 g/mol. The van der Waals surface area contributed by atoms with Gasteiger partial charge >= 0.3 is 0 Å². The van der Waals surface area contributed by atoms with Gasteiger partial charge in [-0.15, -0.1) is 0 Å².